The van der Waals surface area contributed by atoms with Crippen molar-refractivity contribution in [3.05, 3.63) is 29.3 Å². The summed E-state index contributed by atoms with van der Waals surface area (Å²) in [5.41, 5.74) is 2.63. The van der Waals surface area contributed by atoms with E-state index in [1.807, 2.05) is 0 Å². The maximum absolute atomic E-state index is 6.17. The van der Waals surface area contributed by atoms with Gasteiger partial charge in [0.1, 0.15) is 11.9 Å². The van der Waals surface area contributed by atoms with Gasteiger partial charge in [0, 0.05) is 24.9 Å². The standard InChI is InChI=1S/C15H22ClNO/c1-3-4-13(16)9-17-10-14-8-12-7-11(2)5-6-15(12)18-14/h5-7,13-14,17H,3-4,8-10H2,1-2H3. The molecule has 1 aromatic carbocycles. The number of hydrogen-bond acceptors (Lipinski definition) is 2. The van der Waals surface area contributed by atoms with Gasteiger partial charge in [-0.05, 0) is 25.0 Å². The number of alkyl halides is 1. The van der Waals surface area contributed by atoms with E-state index in [0.717, 1.165) is 38.1 Å². The molecule has 1 heterocycles. The fraction of sp³-hybridized carbons (Fsp3) is 0.600. The highest BCUT2D eigenvalue weighted by Crippen LogP contribution is 2.29. The van der Waals surface area contributed by atoms with Crippen molar-refractivity contribution in [2.45, 2.75) is 44.6 Å². The third-order valence-electron chi connectivity index (χ3n) is 3.30. The van der Waals surface area contributed by atoms with Crippen LogP contribution in [-0.4, -0.2) is 24.6 Å². The summed E-state index contributed by atoms with van der Waals surface area (Å²) < 4.78 is 5.90. The normalized spacial score (nSPS) is 19.4. The van der Waals surface area contributed by atoms with Gasteiger partial charge in [0.15, 0.2) is 0 Å². The van der Waals surface area contributed by atoms with Crippen LogP contribution in [0.2, 0.25) is 0 Å². The predicted molar refractivity (Wildman–Crippen MR) is 76.7 cm³/mol. The maximum atomic E-state index is 6.17. The molecule has 100 valence electrons. The summed E-state index contributed by atoms with van der Waals surface area (Å²) in [6.07, 6.45) is 3.47. The lowest BCUT2D eigenvalue weighted by Gasteiger charge is -2.14. The second kappa shape index (κ2) is 6.44. The van der Waals surface area contributed by atoms with Gasteiger partial charge in [-0.1, -0.05) is 31.0 Å². The average Bonchev–Trinajstić information content (AvgIpc) is 2.71. The van der Waals surface area contributed by atoms with Crippen molar-refractivity contribution in [2.75, 3.05) is 13.1 Å². The van der Waals surface area contributed by atoms with Gasteiger partial charge in [0.25, 0.3) is 0 Å². The van der Waals surface area contributed by atoms with E-state index in [1.54, 1.807) is 0 Å². The minimum Gasteiger partial charge on any atom is -0.488 e. The number of ether oxygens (including phenoxy) is 1. The van der Waals surface area contributed by atoms with Crippen molar-refractivity contribution in [2.24, 2.45) is 0 Å². The summed E-state index contributed by atoms with van der Waals surface area (Å²) in [4.78, 5) is 0. The van der Waals surface area contributed by atoms with Crippen molar-refractivity contribution in [1.82, 2.24) is 5.32 Å². The van der Waals surface area contributed by atoms with Crippen LogP contribution in [0.1, 0.15) is 30.9 Å². The predicted octanol–water partition coefficient (Wildman–Crippen LogP) is 3.30. The van der Waals surface area contributed by atoms with Crippen LogP contribution in [0.4, 0.5) is 0 Å². The SMILES string of the molecule is CCCC(Cl)CNCC1Cc2cc(C)ccc2O1. The van der Waals surface area contributed by atoms with Crippen molar-refractivity contribution in [1.29, 1.82) is 0 Å². The van der Waals surface area contributed by atoms with Crippen molar-refractivity contribution in [3.8, 4) is 5.75 Å². The summed E-state index contributed by atoms with van der Waals surface area (Å²) in [5.74, 6) is 1.04. The Kier molecular flexibility index (Phi) is 4.90. The van der Waals surface area contributed by atoms with E-state index in [2.05, 4.69) is 37.4 Å². The van der Waals surface area contributed by atoms with Crippen LogP contribution in [0.15, 0.2) is 18.2 Å². The monoisotopic (exact) mass is 267 g/mol. The van der Waals surface area contributed by atoms with Crippen molar-refractivity contribution >= 4 is 11.6 Å². The number of rotatable bonds is 6. The summed E-state index contributed by atoms with van der Waals surface area (Å²) >= 11 is 6.17. The van der Waals surface area contributed by atoms with Gasteiger partial charge in [0.05, 0.1) is 0 Å². The molecule has 1 aliphatic rings. The molecule has 2 nitrogen and oxygen atoms in total. The lowest BCUT2D eigenvalue weighted by atomic mass is 10.1. The first-order chi connectivity index (χ1) is 8.69. The zero-order valence-corrected chi connectivity index (χ0v) is 12.0. The van der Waals surface area contributed by atoms with Crippen LogP contribution in [-0.2, 0) is 6.42 Å². The zero-order chi connectivity index (χ0) is 13.0. The first kappa shape index (κ1) is 13.7. The lowest BCUT2D eigenvalue weighted by Crippen LogP contribution is -2.33. The van der Waals surface area contributed by atoms with Crippen LogP contribution < -0.4 is 10.1 Å². The molecule has 2 unspecified atom stereocenters. The Labute approximate surface area is 115 Å². The van der Waals surface area contributed by atoms with E-state index < -0.39 is 0 Å². The fourth-order valence-electron chi connectivity index (χ4n) is 2.38. The Morgan fingerprint density at radius 1 is 1.50 bits per heavy atom. The van der Waals surface area contributed by atoms with Gasteiger partial charge in [-0.15, -0.1) is 11.6 Å². The molecule has 0 aromatic heterocycles. The minimum absolute atomic E-state index is 0.237. The molecule has 0 saturated carbocycles. The summed E-state index contributed by atoms with van der Waals surface area (Å²) in [6.45, 7) is 6.02. The highest BCUT2D eigenvalue weighted by molar-refractivity contribution is 6.20. The molecule has 0 fully saturated rings. The molecule has 18 heavy (non-hydrogen) atoms. The number of aryl methyl sites for hydroxylation is 1. The minimum atomic E-state index is 0.237. The van der Waals surface area contributed by atoms with Gasteiger partial charge < -0.3 is 10.1 Å². The fourth-order valence-corrected chi connectivity index (χ4v) is 2.71. The molecule has 2 rings (SSSR count). The number of benzene rings is 1. The van der Waals surface area contributed by atoms with Crippen LogP contribution >= 0.6 is 11.6 Å². The highest BCUT2D eigenvalue weighted by atomic mass is 35.5. The second-order valence-corrected chi connectivity index (χ2v) is 5.72. The molecule has 0 bridgehead atoms. The first-order valence-corrected chi connectivity index (χ1v) is 7.23. The van der Waals surface area contributed by atoms with Gasteiger partial charge in [-0.2, -0.15) is 0 Å². The van der Waals surface area contributed by atoms with Crippen LogP contribution in [0, 0.1) is 6.92 Å². The average molecular weight is 268 g/mol. The summed E-state index contributed by atoms with van der Waals surface area (Å²) in [7, 11) is 0. The smallest absolute Gasteiger partial charge is 0.123 e. The number of fused-ring (bicyclic) bond motifs is 1. The molecule has 1 aromatic rings. The Balaban J connectivity index is 1.74. The third kappa shape index (κ3) is 3.63. The van der Waals surface area contributed by atoms with Crippen LogP contribution in [0.5, 0.6) is 5.75 Å². The maximum Gasteiger partial charge on any atom is 0.123 e. The molecule has 0 amide bonds. The van der Waals surface area contributed by atoms with Gasteiger partial charge in [0.2, 0.25) is 0 Å². The summed E-state index contributed by atoms with van der Waals surface area (Å²) in [5, 5.41) is 3.64. The molecular formula is C15H22ClNO. The Bertz CT molecular complexity index is 394. The molecular weight excluding hydrogens is 246 g/mol. The molecule has 1 aliphatic heterocycles. The van der Waals surface area contributed by atoms with Gasteiger partial charge in [-0.3, -0.25) is 0 Å². The van der Waals surface area contributed by atoms with Gasteiger partial charge >= 0.3 is 0 Å². The highest BCUT2D eigenvalue weighted by Gasteiger charge is 2.22. The van der Waals surface area contributed by atoms with Gasteiger partial charge in [-0.25, -0.2) is 0 Å². The van der Waals surface area contributed by atoms with Crippen LogP contribution in [0.3, 0.4) is 0 Å². The molecule has 0 aliphatic carbocycles. The van der Waals surface area contributed by atoms with Crippen molar-refractivity contribution < 1.29 is 4.74 Å². The Morgan fingerprint density at radius 3 is 3.11 bits per heavy atom. The van der Waals surface area contributed by atoms with E-state index in [-0.39, 0.29) is 11.5 Å². The molecule has 0 radical (unpaired) electrons. The number of halogens is 1. The lowest BCUT2D eigenvalue weighted by molar-refractivity contribution is 0.228. The number of nitrogens with one attached hydrogen (secondary N) is 1. The Morgan fingerprint density at radius 2 is 2.33 bits per heavy atom. The van der Waals surface area contributed by atoms with E-state index >= 15 is 0 Å². The van der Waals surface area contributed by atoms with Crippen molar-refractivity contribution in [3.63, 3.8) is 0 Å². The van der Waals surface area contributed by atoms with Crippen LogP contribution in [0.25, 0.3) is 0 Å². The largest absolute Gasteiger partial charge is 0.488 e. The quantitative estimate of drug-likeness (QED) is 0.799. The number of hydrogen-bond donors (Lipinski definition) is 1. The second-order valence-electron chi connectivity index (χ2n) is 5.10. The van der Waals surface area contributed by atoms with E-state index in [0.29, 0.717) is 0 Å². The topological polar surface area (TPSA) is 21.3 Å². The Hall–Kier alpha value is -0.730. The van der Waals surface area contributed by atoms with E-state index in [9.17, 15) is 0 Å². The molecule has 3 heteroatoms. The first-order valence-electron chi connectivity index (χ1n) is 6.80. The van der Waals surface area contributed by atoms with E-state index in [4.69, 9.17) is 16.3 Å². The molecule has 0 spiro atoms. The molecule has 0 saturated heterocycles. The zero-order valence-electron chi connectivity index (χ0n) is 11.2. The molecule has 2 atom stereocenters. The summed E-state index contributed by atoms with van der Waals surface area (Å²) in [6, 6.07) is 6.40. The molecule has 1 N–H and O–H groups in total. The van der Waals surface area contributed by atoms with E-state index in [1.165, 1.54) is 11.1 Å². The third-order valence-corrected chi connectivity index (χ3v) is 3.67.